The number of hydrogen-bond acceptors (Lipinski definition) is 4. The molecule has 2 heterocycles. The van der Waals surface area contributed by atoms with E-state index >= 15 is 0 Å². The van der Waals surface area contributed by atoms with E-state index in [9.17, 15) is 14.7 Å². The number of hydrogen-bond donors (Lipinski definition) is 2. The summed E-state index contributed by atoms with van der Waals surface area (Å²) in [5, 5.41) is 9.40. The number of rotatable bonds is 5. The average molecular weight is 282 g/mol. The molecule has 0 aliphatic carbocycles. The first kappa shape index (κ1) is 15.0. The van der Waals surface area contributed by atoms with Crippen molar-refractivity contribution in [3.63, 3.8) is 0 Å². The van der Waals surface area contributed by atoms with Gasteiger partial charge in [-0.3, -0.25) is 14.3 Å². The molecule has 6 nitrogen and oxygen atoms in total. The standard InChI is InChI=1S/C14H22N2O4/c1-3-4-5-10-6-12(20-11(10)8-17)16-7-9(2)13(18)15-14(16)19/h7,10-12,17H,3-6,8H2,1-2H3,(H,15,18,19)/t10-,11+,12+/m0/s1. The highest BCUT2D eigenvalue weighted by molar-refractivity contribution is 5.01. The van der Waals surface area contributed by atoms with E-state index in [-0.39, 0.29) is 24.2 Å². The van der Waals surface area contributed by atoms with E-state index in [0.29, 0.717) is 12.0 Å². The lowest BCUT2D eigenvalue weighted by atomic mass is 9.95. The quantitative estimate of drug-likeness (QED) is 0.841. The fraction of sp³-hybridized carbons (Fsp3) is 0.714. The SMILES string of the molecule is CCCC[C@H]1C[C@H](n2cc(C)c(=O)[nH]c2=O)O[C@@H]1CO. The van der Waals surface area contributed by atoms with Crippen LogP contribution in [-0.4, -0.2) is 27.4 Å². The summed E-state index contributed by atoms with van der Waals surface area (Å²) in [7, 11) is 0. The van der Waals surface area contributed by atoms with E-state index in [2.05, 4.69) is 11.9 Å². The van der Waals surface area contributed by atoms with Crippen molar-refractivity contribution in [1.82, 2.24) is 9.55 Å². The first-order valence-corrected chi connectivity index (χ1v) is 7.15. The Morgan fingerprint density at radius 1 is 1.50 bits per heavy atom. The van der Waals surface area contributed by atoms with Gasteiger partial charge >= 0.3 is 5.69 Å². The topological polar surface area (TPSA) is 84.3 Å². The van der Waals surface area contributed by atoms with Crippen molar-refractivity contribution in [2.45, 2.75) is 51.9 Å². The molecular formula is C14H22N2O4. The van der Waals surface area contributed by atoms with Crippen LogP contribution in [-0.2, 0) is 4.74 Å². The molecule has 2 N–H and O–H groups in total. The van der Waals surface area contributed by atoms with Crippen LogP contribution in [0.1, 0.15) is 44.4 Å². The smallest absolute Gasteiger partial charge is 0.330 e. The maximum absolute atomic E-state index is 11.9. The summed E-state index contributed by atoms with van der Waals surface area (Å²) in [6, 6.07) is 0. The van der Waals surface area contributed by atoms with Crippen molar-refractivity contribution in [3.8, 4) is 0 Å². The van der Waals surface area contributed by atoms with Crippen LogP contribution in [0.2, 0.25) is 0 Å². The number of unbranched alkanes of at least 4 members (excludes halogenated alkanes) is 1. The molecule has 3 atom stereocenters. The first-order valence-electron chi connectivity index (χ1n) is 7.15. The van der Waals surface area contributed by atoms with Gasteiger partial charge in [0.15, 0.2) is 0 Å². The van der Waals surface area contributed by atoms with Crippen molar-refractivity contribution in [1.29, 1.82) is 0 Å². The summed E-state index contributed by atoms with van der Waals surface area (Å²) in [4.78, 5) is 25.5. The molecule has 2 rings (SSSR count). The van der Waals surface area contributed by atoms with Gasteiger partial charge in [-0.15, -0.1) is 0 Å². The molecule has 1 fully saturated rings. The molecule has 0 saturated carbocycles. The Labute approximate surface area is 117 Å². The molecule has 0 aromatic carbocycles. The maximum atomic E-state index is 11.9. The van der Waals surface area contributed by atoms with Crippen molar-refractivity contribution >= 4 is 0 Å². The predicted octanol–water partition coefficient (Wildman–Crippen LogP) is 0.931. The third-order valence-corrected chi connectivity index (χ3v) is 3.93. The molecule has 112 valence electrons. The normalized spacial score (nSPS) is 26.1. The minimum atomic E-state index is -0.460. The summed E-state index contributed by atoms with van der Waals surface area (Å²) in [6.07, 6.45) is 4.74. The minimum Gasteiger partial charge on any atom is -0.394 e. The Bertz CT molecular complexity index is 563. The molecule has 0 spiro atoms. The average Bonchev–Trinajstić information content (AvgIpc) is 2.83. The summed E-state index contributed by atoms with van der Waals surface area (Å²) in [5.74, 6) is 0.254. The zero-order chi connectivity index (χ0) is 14.7. The summed E-state index contributed by atoms with van der Waals surface area (Å²) >= 11 is 0. The van der Waals surface area contributed by atoms with Gasteiger partial charge in [0.05, 0.1) is 12.7 Å². The highest BCUT2D eigenvalue weighted by Gasteiger charge is 2.35. The molecule has 1 aliphatic heterocycles. The van der Waals surface area contributed by atoms with Crippen molar-refractivity contribution in [2.24, 2.45) is 5.92 Å². The second-order valence-electron chi connectivity index (χ2n) is 5.43. The third kappa shape index (κ3) is 3.02. The highest BCUT2D eigenvalue weighted by atomic mass is 16.5. The molecule has 0 bridgehead atoms. The molecule has 0 radical (unpaired) electrons. The zero-order valence-corrected chi connectivity index (χ0v) is 12.0. The van der Waals surface area contributed by atoms with Crippen molar-refractivity contribution in [2.75, 3.05) is 6.61 Å². The predicted molar refractivity (Wildman–Crippen MR) is 74.7 cm³/mol. The Kier molecular flexibility index (Phi) is 4.77. The van der Waals surface area contributed by atoms with Gasteiger partial charge in [0, 0.05) is 11.8 Å². The Morgan fingerprint density at radius 2 is 2.25 bits per heavy atom. The fourth-order valence-corrected chi connectivity index (χ4v) is 2.72. The molecule has 0 amide bonds. The van der Waals surface area contributed by atoms with Gasteiger partial charge in [-0.1, -0.05) is 19.8 Å². The van der Waals surface area contributed by atoms with Crippen LogP contribution in [0.25, 0.3) is 0 Å². The summed E-state index contributed by atoms with van der Waals surface area (Å²) < 4.78 is 7.19. The number of aromatic amines is 1. The van der Waals surface area contributed by atoms with E-state index in [1.807, 2.05) is 0 Å². The van der Waals surface area contributed by atoms with Gasteiger partial charge in [-0.2, -0.15) is 0 Å². The van der Waals surface area contributed by atoms with Crippen LogP contribution in [0.3, 0.4) is 0 Å². The second kappa shape index (κ2) is 6.37. The number of ether oxygens (including phenoxy) is 1. The number of aliphatic hydroxyl groups excluding tert-OH is 1. The maximum Gasteiger partial charge on any atom is 0.330 e. The van der Waals surface area contributed by atoms with Crippen LogP contribution < -0.4 is 11.2 Å². The molecule has 6 heteroatoms. The lowest BCUT2D eigenvalue weighted by Crippen LogP contribution is -2.33. The number of aliphatic hydroxyl groups is 1. The monoisotopic (exact) mass is 282 g/mol. The van der Waals surface area contributed by atoms with Gasteiger partial charge in [0.2, 0.25) is 0 Å². The van der Waals surface area contributed by atoms with E-state index in [4.69, 9.17) is 4.74 Å². The number of aryl methyl sites for hydroxylation is 1. The van der Waals surface area contributed by atoms with Crippen molar-refractivity contribution in [3.05, 3.63) is 32.6 Å². The van der Waals surface area contributed by atoms with Crippen LogP contribution in [0, 0.1) is 12.8 Å². The molecule has 0 unspecified atom stereocenters. The molecule has 1 aromatic heterocycles. The Morgan fingerprint density at radius 3 is 2.90 bits per heavy atom. The molecule has 1 aromatic rings. The van der Waals surface area contributed by atoms with E-state index in [1.165, 1.54) is 10.8 Å². The summed E-state index contributed by atoms with van der Waals surface area (Å²) in [6.45, 7) is 3.74. The largest absolute Gasteiger partial charge is 0.394 e. The minimum absolute atomic E-state index is 0.0397. The van der Waals surface area contributed by atoms with Gasteiger partial charge < -0.3 is 9.84 Å². The van der Waals surface area contributed by atoms with Crippen molar-refractivity contribution < 1.29 is 9.84 Å². The van der Waals surface area contributed by atoms with Crippen LogP contribution in [0.15, 0.2) is 15.8 Å². The first-order chi connectivity index (χ1) is 9.56. The van der Waals surface area contributed by atoms with Crippen LogP contribution >= 0.6 is 0 Å². The number of H-pyrrole nitrogens is 1. The van der Waals surface area contributed by atoms with Gasteiger partial charge in [0.1, 0.15) is 6.23 Å². The van der Waals surface area contributed by atoms with Gasteiger partial charge in [-0.25, -0.2) is 4.79 Å². The lowest BCUT2D eigenvalue weighted by Gasteiger charge is -2.15. The Balaban J connectivity index is 2.20. The summed E-state index contributed by atoms with van der Waals surface area (Å²) in [5.41, 5.74) is -0.352. The third-order valence-electron chi connectivity index (χ3n) is 3.93. The number of aromatic nitrogens is 2. The van der Waals surface area contributed by atoms with E-state index in [0.717, 1.165) is 19.3 Å². The fourth-order valence-electron chi connectivity index (χ4n) is 2.72. The molecule has 1 saturated heterocycles. The van der Waals surface area contributed by atoms with E-state index < -0.39 is 11.9 Å². The number of nitrogens with one attached hydrogen (secondary N) is 1. The van der Waals surface area contributed by atoms with Gasteiger partial charge in [0.25, 0.3) is 5.56 Å². The van der Waals surface area contributed by atoms with Crippen LogP contribution in [0.4, 0.5) is 0 Å². The molecule has 20 heavy (non-hydrogen) atoms. The lowest BCUT2D eigenvalue weighted by molar-refractivity contribution is -0.0333. The molecular weight excluding hydrogens is 260 g/mol. The van der Waals surface area contributed by atoms with Crippen LogP contribution in [0.5, 0.6) is 0 Å². The highest BCUT2D eigenvalue weighted by Crippen LogP contribution is 2.35. The van der Waals surface area contributed by atoms with Gasteiger partial charge in [-0.05, 0) is 25.7 Å². The second-order valence-corrected chi connectivity index (χ2v) is 5.43. The Hall–Kier alpha value is -1.40. The number of nitrogens with zero attached hydrogens (tertiary/aromatic N) is 1. The zero-order valence-electron chi connectivity index (χ0n) is 12.0. The van der Waals surface area contributed by atoms with E-state index in [1.54, 1.807) is 6.92 Å². The molecule has 1 aliphatic rings.